The molecule has 0 saturated carbocycles. The number of hydrogen-bond acceptors (Lipinski definition) is 2. The van der Waals surface area contributed by atoms with Gasteiger partial charge in [0, 0.05) is 12.6 Å². The van der Waals surface area contributed by atoms with Crippen LogP contribution in [0.5, 0.6) is 0 Å². The SMILES string of the molecule is C=C/C=C(/c1cc(C(F)(F)F)ccc1C)N(C)N. The normalized spacial score (nSPS) is 12.4. The Morgan fingerprint density at radius 2 is 2.00 bits per heavy atom. The summed E-state index contributed by atoms with van der Waals surface area (Å²) in [7, 11) is 1.56. The molecule has 0 saturated heterocycles. The predicted molar refractivity (Wildman–Crippen MR) is 66.3 cm³/mol. The van der Waals surface area contributed by atoms with E-state index in [0.29, 0.717) is 16.8 Å². The highest BCUT2D eigenvalue weighted by Crippen LogP contribution is 2.32. The number of hydrogen-bond donors (Lipinski definition) is 1. The highest BCUT2D eigenvalue weighted by molar-refractivity contribution is 5.68. The van der Waals surface area contributed by atoms with Crippen LogP contribution in [0.15, 0.2) is 36.9 Å². The first-order valence-corrected chi connectivity index (χ1v) is 5.26. The molecule has 0 heterocycles. The second-order valence-corrected chi connectivity index (χ2v) is 3.93. The molecule has 2 N–H and O–H groups in total. The fourth-order valence-electron chi connectivity index (χ4n) is 1.58. The molecular formula is C13H15F3N2. The van der Waals surface area contributed by atoms with Crippen LogP contribution in [0.25, 0.3) is 5.70 Å². The zero-order valence-electron chi connectivity index (χ0n) is 10.3. The van der Waals surface area contributed by atoms with E-state index in [4.69, 9.17) is 5.84 Å². The lowest BCUT2D eigenvalue weighted by Crippen LogP contribution is -2.24. The molecule has 0 aromatic heterocycles. The van der Waals surface area contributed by atoms with Crippen LogP contribution in [0.2, 0.25) is 0 Å². The summed E-state index contributed by atoms with van der Waals surface area (Å²) >= 11 is 0. The van der Waals surface area contributed by atoms with E-state index in [1.54, 1.807) is 20.0 Å². The minimum absolute atomic E-state index is 0.440. The minimum Gasteiger partial charge on any atom is -0.314 e. The fraction of sp³-hybridized carbons (Fsp3) is 0.231. The van der Waals surface area contributed by atoms with Crippen molar-refractivity contribution >= 4 is 5.70 Å². The van der Waals surface area contributed by atoms with Gasteiger partial charge in [-0.2, -0.15) is 13.2 Å². The molecule has 0 unspecified atom stereocenters. The summed E-state index contributed by atoms with van der Waals surface area (Å²) in [5.41, 5.74) is 0.941. The standard InChI is InChI=1S/C13H15F3N2/c1-4-5-12(18(3)17)11-8-10(13(14,15)16)7-6-9(11)2/h4-8H,1,17H2,2-3H3/b12-5-. The fourth-order valence-corrected chi connectivity index (χ4v) is 1.58. The van der Waals surface area contributed by atoms with Crippen LogP contribution in [0.1, 0.15) is 16.7 Å². The van der Waals surface area contributed by atoms with E-state index in [1.807, 2.05) is 0 Å². The van der Waals surface area contributed by atoms with E-state index in [9.17, 15) is 13.2 Å². The number of aryl methyl sites for hydroxylation is 1. The molecule has 0 aliphatic carbocycles. The first-order valence-electron chi connectivity index (χ1n) is 5.26. The molecule has 0 aliphatic heterocycles. The molecule has 0 bridgehead atoms. The van der Waals surface area contributed by atoms with Gasteiger partial charge in [0.15, 0.2) is 0 Å². The van der Waals surface area contributed by atoms with Crippen molar-refractivity contribution < 1.29 is 13.2 Å². The predicted octanol–water partition coefficient (Wildman–Crippen LogP) is 3.35. The maximum atomic E-state index is 12.7. The van der Waals surface area contributed by atoms with Gasteiger partial charge >= 0.3 is 6.18 Å². The van der Waals surface area contributed by atoms with Crippen molar-refractivity contribution in [2.45, 2.75) is 13.1 Å². The molecular weight excluding hydrogens is 241 g/mol. The molecule has 0 atom stereocenters. The van der Waals surface area contributed by atoms with Crippen LogP contribution in [-0.2, 0) is 6.18 Å². The molecule has 0 amide bonds. The zero-order valence-corrected chi connectivity index (χ0v) is 10.3. The van der Waals surface area contributed by atoms with Crippen molar-refractivity contribution in [1.29, 1.82) is 0 Å². The Hall–Kier alpha value is -1.75. The van der Waals surface area contributed by atoms with Crippen molar-refractivity contribution in [1.82, 2.24) is 5.01 Å². The molecule has 0 spiro atoms. The first kappa shape index (κ1) is 14.3. The summed E-state index contributed by atoms with van der Waals surface area (Å²) in [6.45, 7) is 5.26. The summed E-state index contributed by atoms with van der Waals surface area (Å²) < 4.78 is 38.0. The molecule has 0 fully saturated rings. The van der Waals surface area contributed by atoms with Gasteiger partial charge in [-0.1, -0.05) is 18.7 Å². The van der Waals surface area contributed by atoms with Crippen molar-refractivity contribution in [3.63, 3.8) is 0 Å². The molecule has 1 rings (SSSR count). The largest absolute Gasteiger partial charge is 0.416 e. The minimum atomic E-state index is -4.37. The Morgan fingerprint density at radius 3 is 2.44 bits per heavy atom. The molecule has 2 nitrogen and oxygen atoms in total. The number of nitrogens with zero attached hydrogens (tertiary/aromatic N) is 1. The maximum absolute atomic E-state index is 12.7. The zero-order chi connectivity index (χ0) is 13.9. The van der Waals surface area contributed by atoms with Crippen LogP contribution < -0.4 is 5.84 Å². The van der Waals surface area contributed by atoms with Crippen LogP contribution in [0, 0.1) is 6.92 Å². The number of hydrazine groups is 1. The number of benzene rings is 1. The molecule has 5 heteroatoms. The highest BCUT2D eigenvalue weighted by Gasteiger charge is 2.31. The Morgan fingerprint density at radius 1 is 1.39 bits per heavy atom. The molecule has 1 aromatic carbocycles. The third kappa shape index (κ3) is 3.13. The second kappa shape index (κ2) is 5.27. The lowest BCUT2D eigenvalue weighted by molar-refractivity contribution is -0.137. The van der Waals surface area contributed by atoms with Crippen molar-refractivity contribution in [3.8, 4) is 0 Å². The van der Waals surface area contributed by atoms with Gasteiger partial charge in [-0.15, -0.1) is 0 Å². The summed E-state index contributed by atoms with van der Waals surface area (Å²) in [5, 5.41) is 1.27. The van der Waals surface area contributed by atoms with Gasteiger partial charge in [0.05, 0.1) is 11.3 Å². The van der Waals surface area contributed by atoms with Gasteiger partial charge < -0.3 is 5.01 Å². The number of halogens is 3. The summed E-state index contributed by atoms with van der Waals surface area (Å²) in [6, 6.07) is 3.58. The highest BCUT2D eigenvalue weighted by atomic mass is 19.4. The Labute approximate surface area is 104 Å². The number of allylic oxidation sites excluding steroid dienone is 2. The molecule has 1 aromatic rings. The maximum Gasteiger partial charge on any atom is 0.416 e. The van der Waals surface area contributed by atoms with Gasteiger partial charge in [0.2, 0.25) is 0 Å². The van der Waals surface area contributed by atoms with Crippen molar-refractivity contribution in [3.05, 3.63) is 53.6 Å². The number of alkyl halides is 3. The van der Waals surface area contributed by atoms with Gasteiger partial charge in [-0.05, 0) is 30.7 Å². The van der Waals surface area contributed by atoms with Gasteiger partial charge in [-0.25, -0.2) is 5.84 Å². The van der Waals surface area contributed by atoms with Gasteiger partial charge in [0.25, 0.3) is 0 Å². The van der Waals surface area contributed by atoms with E-state index >= 15 is 0 Å². The Kier molecular flexibility index (Phi) is 4.19. The lowest BCUT2D eigenvalue weighted by atomic mass is 10.0. The first-order chi connectivity index (χ1) is 8.27. The molecule has 18 heavy (non-hydrogen) atoms. The lowest BCUT2D eigenvalue weighted by Gasteiger charge is -2.20. The Bertz CT molecular complexity index is 474. The molecule has 98 valence electrons. The van der Waals surface area contributed by atoms with E-state index in [2.05, 4.69) is 6.58 Å². The summed E-state index contributed by atoms with van der Waals surface area (Å²) in [5.74, 6) is 5.62. The second-order valence-electron chi connectivity index (χ2n) is 3.93. The third-order valence-electron chi connectivity index (χ3n) is 2.50. The average molecular weight is 256 g/mol. The van der Waals surface area contributed by atoms with E-state index in [0.717, 1.165) is 12.1 Å². The van der Waals surface area contributed by atoms with E-state index in [-0.39, 0.29) is 0 Å². The summed E-state index contributed by atoms with van der Waals surface area (Å²) in [6.07, 6.45) is -1.31. The third-order valence-corrected chi connectivity index (χ3v) is 2.50. The van der Waals surface area contributed by atoms with Crippen molar-refractivity contribution in [2.24, 2.45) is 5.84 Å². The van der Waals surface area contributed by atoms with Gasteiger partial charge in [0.1, 0.15) is 0 Å². The van der Waals surface area contributed by atoms with Crippen LogP contribution in [0.3, 0.4) is 0 Å². The topological polar surface area (TPSA) is 29.3 Å². The number of rotatable bonds is 3. The summed E-state index contributed by atoms with van der Waals surface area (Å²) in [4.78, 5) is 0. The van der Waals surface area contributed by atoms with Crippen LogP contribution >= 0.6 is 0 Å². The molecule has 0 aliphatic rings. The van der Waals surface area contributed by atoms with Gasteiger partial charge in [-0.3, -0.25) is 0 Å². The smallest absolute Gasteiger partial charge is 0.314 e. The van der Waals surface area contributed by atoms with E-state index in [1.165, 1.54) is 17.2 Å². The monoisotopic (exact) mass is 256 g/mol. The quantitative estimate of drug-likeness (QED) is 0.510. The van der Waals surface area contributed by atoms with Crippen LogP contribution in [-0.4, -0.2) is 12.1 Å². The average Bonchev–Trinajstić information content (AvgIpc) is 2.25. The molecule has 0 radical (unpaired) electrons. The van der Waals surface area contributed by atoms with Crippen molar-refractivity contribution in [2.75, 3.05) is 7.05 Å². The Balaban J connectivity index is 3.39. The van der Waals surface area contributed by atoms with Crippen LogP contribution in [0.4, 0.5) is 13.2 Å². The number of nitrogens with two attached hydrogens (primary N) is 1. The van der Waals surface area contributed by atoms with E-state index < -0.39 is 11.7 Å².